The standard InChI is InChI=1S/C86H98N8O13S4/c1-82(2,3)105-73(95)52-70(77(99)89-69(50-32-33-51-88-94-81(103)107-84(7,8)9)76(98)90-71(53-74(96)106-83(4,5)6)78(100)93-80(102)104-54-67-65-48-30-28-46-63(65)64-47-29-31-49-66(64)67)91-79(101)72(56-109-111-86(60-40-22-13-23-41-60,61-42-24-14-25-43-61)62-44-26-15-27-45-62)92-75(97)68(87)55-108-110-85(57-34-16-10-17-35-57,58-36-18-11-19-37-58)59-38-20-12-21-39-59/h10-31,34-49,67-72,88H,32-33,50-56,87H2,1-9H3,(H,89,99)(H,90,98)(H,91,101)(H,92,97)(H,94,103)(H,93,100,102)/t68-,69-,70-,71-,72-/m0/s1. The minimum atomic E-state index is -1.83. The molecule has 0 unspecified atom stereocenters. The van der Waals surface area contributed by atoms with Gasteiger partial charge in [0.15, 0.2) is 0 Å². The molecule has 8 aromatic rings. The molecule has 584 valence electrons. The smallest absolute Gasteiger partial charge is 0.422 e. The summed E-state index contributed by atoms with van der Waals surface area (Å²) in [5.41, 5.74) is 18.7. The van der Waals surface area contributed by atoms with Crippen molar-refractivity contribution in [1.29, 1.82) is 0 Å². The molecule has 0 fully saturated rings. The summed E-state index contributed by atoms with van der Waals surface area (Å²) in [4.78, 5) is 130. The summed E-state index contributed by atoms with van der Waals surface area (Å²) in [7, 11) is 5.64. The minimum absolute atomic E-state index is 0.0548. The molecule has 25 heteroatoms. The molecule has 21 nitrogen and oxygen atoms in total. The van der Waals surface area contributed by atoms with Crippen LogP contribution in [-0.2, 0) is 62.0 Å². The molecule has 9 rings (SSSR count). The normalized spacial score (nSPS) is 13.6. The third-order valence-electron chi connectivity index (χ3n) is 17.6. The highest BCUT2D eigenvalue weighted by molar-refractivity contribution is 8.77. The van der Waals surface area contributed by atoms with Gasteiger partial charge in [-0.05, 0) is 137 Å². The number of unbranched alkanes of at least 4 members (excludes halogenated alkanes) is 1. The van der Waals surface area contributed by atoms with Gasteiger partial charge in [-0.15, -0.1) is 0 Å². The SMILES string of the molecule is CC(C)(C)OC(=O)C[C@H](NC(=O)[C@H](CCCCNNC(=O)OC(C)(C)C)NC(=O)[C@H](CC(=O)OC(C)(C)C)NC(=O)[C@H](CSSC(c1ccccc1)(c1ccccc1)c1ccccc1)NC(=O)[C@@H](N)CSSC(c1ccccc1)(c1ccccc1)c1ccccc1)C(=O)NC(=O)OCC1c2ccccc2-c2ccccc21. The molecule has 0 saturated heterocycles. The molecule has 1 aliphatic rings. The van der Waals surface area contributed by atoms with Crippen molar-refractivity contribution >= 4 is 96.8 Å². The molecule has 0 aliphatic heterocycles. The van der Waals surface area contributed by atoms with Crippen LogP contribution in [0, 0.1) is 0 Å². The van der Waals surface area contributed by atoms with Crippen LogP contribution in [0.4, 0.5) is 9.59 Å². The number of imide groups is 1. The molecule has 0 heterocycles. The van der Waals surface area contributed by atoms with Crippen molar-refractivity contribution in [2.75, 3.05) is 24.7 Å². The number of nitrogens with two attached hydrogens (primary N) is 1. The minimum Gasteiger partial charge on any atom is -0.460 e. The molecule has 7 amide bonds. The Morgan fingerprint density at radius 2 is 0.730 bits per heavy atom. The summed E-state index contributed by atoms with van der Waals surface area (Å²) >= 11 is 0. The zero-order valence-electron chi connectivity index (χ0n) is 63.8. The van der Waals surface area contributed by atoms with Crippen LogP contribution in [0.2, 0.25) is 0 Å². The Kier molecular flexibility index (Phi) is 30.5. The second-order valence-electron chi connectivity index (χ2n) is 29.6. The number of alkyl carbamates (subject to hydrolysis) is 1. The van der Waals surface area contributed by atoms with E-state index in [4.69, 9.17) is 24.7 Å². The number of esters is 2. The van der Waals surface area contributed by atoms with Gasteiger partial charge in [0.05, 0.1) is 18.9 Å². The number of ether oxygens (including phenoxy) is 4. The predicted molar refractivity (Wildman–Crippen MR) is 440 cm³/mol. The van der Waals surface area contributed by atoms with E-state index in [9.17, 15) is 24.0 Å². The van der Waals surface area contributed by atoms with Gasteiger partial charge in [0.1, 0.15) is 57.1 Å². The number of carbonyl (C=O) groups excluding carboxylic acids is 9. The van der Waals surface area contributed by atoms with E-state index in [2.05, 4.69) is 73.8 Å². The Bertz CT molecular complexity index is 4200. The van der Waals surface area contributed by atoms with E-state index < -0.39 is 123 Å². The van der Waals surface area contributed by atoms with E-state index in [-0.39, 0.29) is 49.8 Å². The fraction of sp³-hybridized carbons (Fsp3) is 0.337. The molecule has 111 heavy (non-hydrogen) atoms. The van der Waals surface area contributed by atoms with Crippen LogP contribution in [0.3, 0.4) is 0 Å². The topological polar surface area (TPSA) is 301 Å². The Labute approximate surface area is 665 Å². The molecule has 0 saturated carbocycles. The summed E-state index contributed by atoms with van der Waals surface area (Å²) in [6.07, 6.45) is -3.33. The average Bonchev–Trinajstić information content (AvgIpc) is 1.74. The molecule has 8 aromatic carbocycles. The molecule has 0 radical (unpaired) electrons. The molecule has 1 aliphatic carbocycles. The Hall–Kier alpha value is -9.89. The predicted octanol–water partition coefficient (Wildman–Crippen LogP) is 13.7. The van der Waals surface area contributed by atoms with Crippen LogP contribution in [0.5, 0.6) is 0 Å². The zero-order chi connectivity index (χ0) is 79.8. The number of fused-ring (bicyclic) bond motifs is 3. The van der Waals surface area contributed by atoms with Gasteiger partial charge in [-0.1, -0.05) is 274 Å². The number of benzene rings is 8. The highest BCUT2D eigenvalue weighted by atomic mass is 33.1. The van der Waals surface area contributed by atoms with Crippen LogP contribution < -0.4 is 43.2 Å². The number of hydrogen-bond donors (Lipinski definition) is 8. The molecular weight excluding hydrogens is 1480 g/mol. The van der Waals surface area contributed by atoms with Gasteiger partial charge >= 0.3 is 24.1 Å². The van der Waals surface area contributed by atoms with E-state index in [1.807, 2.05) is 194 Å². The van der Waals surface area contributed by atoms with Crippen molar-refractivity contribution in [2.45, 2.75) is 157 Å². The first-order valence-electron chi connectivity index (χ1n) is 36.8. The number of amides is 7. The first-order valence-corrected chi connectivity index (χ1v) is 41.4. The summed E-state index contributed by atoms with van der Waals surface area (Å²) < 4.78 is 20.7. The van der Waals surface area contributed by atoms with Crippen LogP contribution in [-0.4, -0.2) is 125 Å². The zero-order valence-corrected chi connectivity index (χ0v) is 67.1. The maximum absolute atomic E-state index is 15.6. The van der Waals surface area contributed by atoms with Crippen molar-refractivity contribution in [3.8, 4) is 11.1 Å². The monoisotopic (exact) mass is 1580 g/mol. The second kappa shape index (κ2) is 39.8. The van der Waals surface area contributed by atoms with Gasteiger partial charge in [-0.3, -0.25) is 44.3 Å². The summed E-state index contributed by atoms with van der Waals surface area (Å²) in [5, 5.41) is 13.1. The van der Waals surface area contributed by atoms with E-state index in [1.54, 1.807) is 62.3 Å². The van der Waals surface area contributed by atoms with E-state index in [0.717, 1.165) is 55.6 Å². The first-order chi connectivity index (χ1) is 53.0. The highest BCUT2D eigenvalue weighted by Crippen LogP contribution is 2.55. The molecule has 0 spiro atoms. The lowest BCUT2D eigenvalue weighted by molar-refractivity contribution is -0.157. The molecule has 0 bridgehead atoms. The average molecular weight is 1580 g/mol. The molecular formula is C86H98N8O13S4. The van der Waals surface area contributed by atoms with Crippen molar-refractivity contribution < 1.29 is 62.1 Å². The quantitative estimate of drug-likeness (QED) is 0.00457. The lowest BCUT2D eigenvalue weighted by Gasteiger charge is -2.35. The number of nitrogens with one attached hydrogen (secondary N) is 7. The maximum Gasteiger partial charge on any atom is 0.422 e. The van der Waals surface area contributed by atoms with Gasteiger partial charge in [0, 0.05) is 24.0 Å². The molecule has 0 aromatic heterocycles. The molecule has 5 atom stereocenters. The van der Waals surface area contributed by atoms with Crippen LogP contribution >= 0.6 is 43.2 Å². The van der Waals surface area contributed by atoms with E-state index in [1.165, 1.54) is 43.2 Å². The Morgan fingerprint density at radius 1 is 0.387 bits per heavy atom. The number of hydrogen-bond acceptors (Lipinski definition) is 19. The number of hydrazine groups is 1. The van der Waals surface area contributed by atoms with Crippen molar-refractivity contribution in [3.63, 3.8) is 0 Å². The fourth-order valence-corrected chi connectivity index (χ4v) is 19.3. The van der Waals surface area contributed by atoms with Crippen LogP contribution in [0.1, 0.15) is 145 Å². The van der Waals surface area contributed by atoms with Gasteiger partial charge in [0.2, 0.25) is 23.6 Å². The van der Waals surface area contributed by atoms with Crippen molar-refractivity contribution in [3.05, 3.63) is 275 Å². The fourth-order valence-electron chi connectivity index (χ4n) is 12.7. The third kappa shape index (κ3) is 24.3. The van der Waals surface area contributed by atoms with Crippen LogP contribution in [0.25, 0.3) is 11.1 Å². The van der Waals surface area contributed by atoms with Crippen molar-refractivity contribution in [2.24, 2.45) is 5.73 Å². The largest absolute Gasteiger partial charge is 0.460 e. The van der Waals surface area contributed by atoms with Gasteiger partial charge in [-0.2, -0.15) is 0 Å². The number of carbonyl (C=O) groups is 9. The molecule has 9 N–H and O–H groups in total. The first kappa shape index (κ1) is 85.1. The van der Waals surface area contributed by atoms with Gasteiger partial charge in [-0.25, -0.2) is 15.0 Å². The summed E-state index contributed by atoms with van der Waals surface area (Å²) in [6.45, 7) is 14.8. The summed E-state index contributed by atoms with van der Waals surface area (Å²) in [6, 6.07) is 67.1. The van der Waals surface area contributed by atoms with E-state index in [0.29, 0.717) is 0 Å². The Morgan fingerprint density at radius 3 is 1.14 bits per heavy atom. The van der Waals surface area contributed by atoms with Gasteiger partial charge < -0.3 is 45.9 Å². The lowest BCUT2D eigenvalue weighted by atomic mass is 9.84. The highest BCUT2D eigenvalue weighted by Gasteiger charge is 2.42. The lowest BCUT2D eigenvalue weighted by Crippen LogP contribution is -2.60. The maximum atomic E-state index is 15.6. The van der Waals surface area contributed by atoms with Crippen molar-refractivity contribution in [1.82, 2.24) is 37.4 Å². The Balaban J connectivity index is 1.02. The third-order valence-corrected chi connectivity index (χ3v) is 23.7. The number of rotatable bonds is 35. The van der Waals surface area contributed by atoms with Gasteiger partial charge in [0.25, 0.3) is 5.91 Å². The van der Waals surface area contributed by atoms with E-state index >= 15 is 19.2 Å². The second-order valence-corrected chi connectivity index (χ2v) is 34.7. The van der Waals surface area contributed by atoms with Crippen LogP contribution in [0.15, 0.2) is 231 Å². The summed E-state index contributed by atoms with van der Waals surface area (Å²) in [5.74, 6) is -7.21.